The number of rotatable bonds is 3. The van der Waals surface area contributed by atoms with Crippen LogP contribution in [0.5, 0.6) is 0 Å². The summed E-state index contributed by atoms with van der Waals surface area (Å²) in [6, 6.07) is -0.671. The third-order valence-corrected chi connectivity index (χ3v) is 6.31. The Bertz CT molecular complexity index is 814. The lowest BCUT2D eigenvalue weighted by atomic mass is 9.85. The highest BCUT2D eigenvalue weighted by molar-refractivity contribution is 7.16. The minimum absolute atomic E-state index is 0.0475. The molecular formula is C17H20N4O3S. The molecule has 0 unspecified atom stereocenters. The third-order valence-electron chi connectivity index (χ3n) is 5.28. The number of carboxylic acid groups (broad SMARTS) is 1. The molecule has 2 fully saturated rings. The van der Waals surface area contributed by atoms with Crippen LogP contribution < -0.4 is 0 Å². The van der Waals surface area contributed by atoms with Gasteiger partial charge in [-0.15, -0.1) is 11.3 Å². The standard InChI is InChI=1S/C17H20N4O3S/c1-20-9-11(7-19-20)15-18-8-14(25-15)16(22)21-12-5-3-2-4-10(12)6-13(21)17(23)24/h7-10,12-13H,2-6H2,1H3,(H,23,24)/t10-,12-,13+/m1/s1. The van der Waals surface area contributed by atoms with Crippen LogP contribution in [0.25, 0.3) is 10.6 Å². The van der Waals surface area contributed by atoms with Crippen molar-refractivity contribution >= 4 is 23.2 Å². The number of aryl methyl sites for hydroxylation is 1. The van der Waals surface area contributed by atoms with Crippen molar-refractivity contribution in [1.29, 1.82) is 0 Å². The smallest absolute Gasteiger partial charge is 0.326 e. The summed E-state index contributed by atoms with van der Waals surface area (Å²) < 4.78 is 1.69. The van der Waals surface area contributed by atoms with E-state index in [0.717, 1.165) is 36.3 Å². The van der Waals surface area contributed by atoms with Crippen LogP contribution in [0.15, 0.2) is 18.6 Å². The Morgan fingerprint density at radius 2 is 2.08 bits per heavy atom. The Morgan fingerprint density at radius 3 is 2.80 bits per heavy atom. The van der Waals surface area contributed by atoms with E-state index in [4.69, 9.17) is 0 Å². The minimum Gasteiger partial charge on any atom is -0.480 e. The molecule has 1 aliphatic heterocycles. The normalized spacial score (nSPS) is 25.8. The lowest BCUT2D eigenvalue weighted by molar-refractivity contribution is -0.141. The molecule has 2 aliphatic rings. The van der Waals surface area contributed by atoms with E-state index in [-0.39, 0.29) is 11.9 Å². The summed E-state index contributed by atoms with van der Waals surface area (Å²) >= 11 is 1.30. The number of likely N-dealkylation sites (tertiary alicyclic amines) is 1. The summed E-state index contributed by atoms with van der Waals surface area (Å²) in [6.45, 7) is 0. The van der Waals surface area contributed by atoms with Crippen LogP contribution in [-0.2, 0) is 11.8 Å². The number of carbonyl (C=O) groups is 2. The SMILES string of the molecule is Cn1cc(-c2ncc(C(=O)N3[C@@H]4CCCC[C@@H]4C[C@H]3C(=O)O)s2)cn1. The molecule has 1 saturated carbocycles. The van der Waals surface area contributed by atoms with Gasteiger partial charge in [0.25, 0.3) is 5.91 Å². The predicted molar refractivity (Wildman–Crippen MR) is 92.3 cm³/mol. The molecule has 3 heterocycles. The van der Waals surface area contributed by atoms with Crippen LogP contribution in [0.4, 0.5) is 0 Å². The van der Waals surface area contributed by atoms with Gasteiger partial charge in [0.15, 0.2) is 0 Å². The summed E-state index contributed by atoms with van der Waals surface area (Å²) in [6.07, 6.45) is 9.78. The van der Waals surface area contributed by atoms with Crippen LogP contribution in [0.2, 0.25) is 0 Å². The zero-order valence-electron chi connectivity index (χ0n) is 14.0. The van der Waals surface area contributed by atoms with Crippen molar-refractivity contribution in [3.63, 3.8) is 0 Å². The molecule has 4 rings (SSSR count). The Balaban J connectivity index is 1.62. The van der Waals surface area contributed by atoms with E-state index >= 15 is 0 Å². The van der Waals surface area contributed by atoms with Gasteiger partial charge in [0, 0.05) is 24.8 Å². The van der Waals surface area contributed by atoms with Gasteiger partial charge in [0.1, 0.15) is 15.9 Å². The number of thiazole rings is 1. The fraction of sp³-hybridized carbons (Fsp3) is 0.529. The molecule has 25 heavy (non-hydrogen) atoms. The number of carboxylic acids is 1. The Kier molecular flexibility index (Phi) is 4.07. The van der Waals surface area contributed by atoms with Gasteiger partial charge in [-0.2, -0.15) is 5.10 Å². The monoisotopic (exact) mass is 360 g/mol. The first kappa shape index (κ1) is 16.3. The number of carbonyl (C=O) groups excluding carboxylic acids is 1. The van der Waals surface area contributed by atoms with Crippen LogP contribution in [0.3, 0.4) is 0 Å². The van der Waals surface area contributed by atoms with Crippen LogP contribution >= 0.6 is 11.3 Å². The first-order valence-electron chi connectivity index (χ1n) is 8.55. The van der Waals surface area contributed by atoms with Crippen molar-refractivity contribution in [3.05, 3.63) is 23.5 Å². The van der Waals surface area contributed by atoms with Gasteiger partial charge in [-0.3, -0.25) is 9.48 Å². The predicted octanol–water partition coefficient (Wildman–Crippen LogP) is 2.40. The summed E-state index contributed by atoms with van der Waals surface area (Å²) in [4.78, 5) is 31.2. The van der Waals surface area contributed by atoms with Crippen LogP contribution in [-0.4, -0.2) is 48.7 Å². The highest BCUT2D eigenvalue weighted by Crippen LogP contribution is 2.41. The summed E-state index contributed by atoms with van der Waals surface area (Å²) in [7, 11) is 1.83. The summed E-state index contributed by atoms with van der Waals surface area (Å²) in [5.74, 6) is -0.793. The molecule has 0 bridgehead atoms. The van der Waals surface area contributed by atoms with Gasteiger partial charge in [0.2, 0.25) is 0 Å². The molecule has 132 valence electrons. The van der Waals surface area contributed by atoms with Crippen molar-refractivity contribution in [1.82, 2.24) is 19.7 Å². The van der Waals surface area contributed by atoms with Gasteiger partial charge in [-0.05, 0) is 25.2 Å². The minimum atomic E-state index is -0.903. The largest absolute Gasteiger partial charge is 0.480 e. The number of hydrogen-bond acceptors (Lipinski definition) is 5. The molecule has 0 radical (unpaired) electrons. The number of amides is 1. The van der Waals surface area contributed by atoms with Crippen LogP contribution in [0, 0.1) is 5.92 Å². The second-order valence-electron chi connectivity index (χ2n) is 6.85. The molecule has 1 aliphatic carbocycles. The summed E-state index contributed by atoms with van der Waals surface area (Å²) in [5.41, 5.74) is 0.860. The van der Waals surface area contributed by atoms with Gasteiger partial charge in [-0.1, -0.05) is 12.8 Å². The number of aromatic nitrogens is 3. The Hall–Kier alpha value is -2.22. The maximum absolute atomic E-state index is 13.1. The maximum Gasteiger partial charge on any atom is 0.326 e. The molecule has 2 aromatic rings. The van der Waals surface area contributed by atoms with Crippen molar-refractivity contribution < 1.29 is 14.7 Å². The van der Waals surface area contributed by atoms with Crippen LogP contribution in [0.1, 0.15) is 41.8 Å². The highest BCUT2D eigenvalue weighted by Gasteiger charge is 2.48. The van der Waals surface area contributed by atoms with Crippen molar-refractivity contribution in [3.8, 4) is 10.6 Å². The van der Waals surface area contributed by atoms with E-state index in [1.165, 1.54) is 11.3 Å². The lowest BCUT2D eigenvalue weighted by Gasteiger charge is -2.32. The zero-order chi connectivity index (χ0) is 17.6. The molecule has 3 atom stereocenters. The fourth-order valence-corrected chi connectivity index (χ4v) is 4.97. The number of hydrogen-bond donors (Lipinski definition) is 1. The van der Waals surface area contributed by atoms with Crippen molar-refractivity contribution in [2.75, 3.05) is 0 Å². The summed E-state index contributed by atoms with van der Waals surface area (Å²) in [5, 5.41) is 14.4. The molecule has 1 saturated heterocycles. The zero-order valence-corrected chi connectivity index (χ0v) is 14.8. The van der Waals surface area contributed by atoms with Gasteiger partial charge in [0.05, 0.1) is 12.4 Å². The molecule has 1 N–H and O–H groups in total. The number of aliphatic carboxylic acids is 1. The molecule has 0 aromatic carbocycles. The first-order chi connectivity index (χ1) is 12.0. The van der Waals surface area contributed by atoms with Crippen molar-refractivity contribution in [2.24, 2.45) is 13.0 Å². The fourth-order valence-electron chi connectivity index (χ4n) is 4.14. The van der Waals surface area contributed by atoms with E-state index in [1.807, 2.05) is 13.2 Å². The quantitative estimate of drug-likeness (QED) is 0.908. The average Bonchev–Trinajstić information content (AvgIpc) is 3.31. The van der Waals surface area contributed by atoms with E-state index in [0.29, 0.717) is 17.2 Å². The Morgan fingerprint density at radius 1 is 1.28 bits per heavy atom. The molecular weight excluding hydrogens is 340 g/mol. The van der Waals surface area contributed by atoms with Gasteiger partial charge < -0.3 is 10.0 Å². The Labute approximate surface area is 149 Å². The van der Waals surface area contributed by atoms with E-state index in [9.17, 15) is 14.7 Å². The average molecular weight is 360 g/mol. The van der Waals surface area contributed by atoms with E-state index < -0.39 is 12.0 Å². The number of nitrogens with zero attached hydrogens (tertiary/aromatic N) is 4. The highest BCUT2D eigenvalue weighted by atomic mass is 32.1. The molecule has 2 aromatic heterocycles. The molecule has 8 heteroatoms. The molecule has 0 spiro atoms. The van der Waals surface area contributed by atoms with Crippen molar-refractivity contribution in [2.45, 2.75) is 44.2 Å². The second kappa shape index (κ2) is 6.25. The first-order valence-corrected chi connectivity index (χ1v) is 9.36. The van der Waals surface area contributed by atoms with E-state index in [2.05, 4.69) is 10.1 Å². The molecule has 1 amide bonds. The number of fused-ring (bicyclic) bond motifs is 1. The maximum atomic E-state index is 13.1. The van der Waals surface area contributed by atoms with Gasteiger partial charge >= 0.3 is 5.97 Å². The molecule has 7 nitrogen and oxygen atoms in total. The topological polar surface area (TPSA) is 88.3 Å². The third kappa shape index (κ3) is 2.84. The van der Waals surface area contributed by atoms with E-state index in [1.54, 1.807) is 22.0 Å². The second-order valence-corrected chi connectivity index (χ2v) is 7.88. The lowest BCUT2D eigenvalue weighted by Crippen LogP contribution is -2.46. The van der Waals surface area contributed by atoms with Gasteiger partial charge in [-0.25, -0.2) is 9.78 Å².